The van der Waals surface area contributed by atoms with Crippen LogP contribution in [0.5, 0.6) is 0 Å². The van der Waals surface area contributed by atoms with E-state index in [1.165, 1.54) is 22.9 Å². The van der Waals surface area contributed by atoms with Gasteiger partial charge in [0.25, 0.3) is 0 Å². The molecular formula is C17H21ClN2O2S2. The van der Waals surface area contributed by atoms with Gasteiger partial charge in [-0.2, -0.15) is 0 Å². The Morgan fingerprint density at radius 3 is 2.79 bits per heavy atom. The van der Waals surface area contributed by atoms with Crippen LogP contribution in [0.15, 0.2) is 58.3 Å². The molecular weight excluding hydrogens is 364 g/mol. The van der Waals surface area contributed by atoms with E-state index in [1.807, 2.05) is 24.5 Å². The van der Waals surface area contributed by atoms with Crippen LogP contribution < -0.4 is 10.0 Å². The molecule has 2 aromatic rings. The van der Waals surface area contributed by atoms with Crippen molar-refractivity contribution < 1.29 is 8.42 Å². The normalized spacial score (nSPS) is 17.0. The lowest BCUT2D eigenvalue weighted by atomic mass is 9.95. The van der Waals surface area contributed by atoms with Crippen LogP contribution in [0.2, 0.25) is 0 Å². The maximum Gasteiger partial charge on any atom is 0.240 e. The molecule has 0 amide bonds. The molecule has 3 rings (SSSR count). The number of thioether (sulfide) groups is 1. The predicted octanol–water partition coefficient (Wildman–Crippen LogP) is 3.00. The molecule has 1 heterocycles. The monoisotopic (exact) mass is 384 g/mol. The molecule has 1 unspecified atom stereocenters. The van der Waals surface area contributed by atoms with Gasteiger partial charge in [0.2, 0.25) is 10.0 Å². The van der Waals surface area contributed by atoms with Gasteiger partial charge in [-0.25, -0.2) is 13.1 Å². The van der Waals surface area contributed by atoms with E-state index in [2.05, 4.69) is 22.2 Å². The van der Waals surface area contributed by atoms with Crippen LogP contribution >= 0.6 is 24.2 Å². The second-order valence-electron chi connectivity index (χ2n) is 5.49. The highest BCUT2D eigenvalue weighted by Crippen LogP contribution is 2.23. The Morgan fingerprint density at radius 2 is 2.00 bits per heavy atom. The van der Waals surface area contributed by atoms with Gasteiger partial charge in [-0.1, -0.05) is 30.3 Å². The largest absolute Gasteiger partial charge is 0.308 e. The van der Waals surface area contributed by atoms with Gasteiger partial charge in [-0.3, -0.25) is 0 Å². The average molecular weight is 385 g/mol. The van der Waals surface area contributed by atoms with Crippen molar-refractivity contribution in [2.75, 3.05) is 19.3 Å². The van der Waals surface area contributed by atoms with Crippen LogP contribution in [0.3, 0.4) is 0 Å². The Kier molecular flexibility index (Phi) is 6.71. The minimum absolute atomic E-state index is 0. The molecule has 0 radical (unpaired) electrons. The van der Waals surface area contributed by atoms with Crippen LogP contribution in [-0.2, 0) is 16.4 Å². The fraction of sp³-hybridized carbons (Fsp3) is 0.294. The molecule has 0 aromatic heterocycles. The Bertz CT molecular complexity index is 797. The summed E-state index contributed by atoms with van der Waals surface area (Å²) in [5, 5.41) is 3.39. The summed E-state index contributed by atoms with van der Waals surface area (Å²) in [6, 6.07) is 15.2. The summed E-state index contributed by atoms with van der Waals surface area (Å²) < 4.78 is 27.8. The Labute approximate surface area is 153 Å². The third-order valence-corrected chi connectivity index (χ3v) is 6.19. The fourth-order valence-electron chi connectivity index (χ4n) is 2.82. The zero-order chi connectivity index (χ0) is 16.3. The molecule has 0 aliphatic carbocycles. The topological polar surface area (TPSA) is 58.2 Å². The molecule has 0 saturated carbocycles. The third-order valence-electron chi connectivity index (χ3n) is 4.04. The van der Waals surface area contributed by atoms with E-state index in [-0.39, 0.29) is 18.4 Å². The summed E-state index contributed by atoms with van der Waals surface area (Å²) in [6.07, 6.45) is 2.91. The van der Waals surface area contributed by atoms with Crippen molar-refractivity contribution in [2.45, 2.75) is 22.3 Å². The number of rotatable bonds is 5. The van der Waals surface area contributed by atoms with Crippen molar-refractivity contribution in [3.63, 3.8) is 0 Å². The van der Waals surface area contributed by atoms with Gasteiger partial charge < -0.3 is 5.32 Å². The van der Waals surface area contributed by atoms with Crippen molar-refractivity contribution in [1.29, 1.82) is 0 Å². The Hall–Kier alpha value is -1.05. The summed E-state index contributed by atoms with van der Waals surface area (Å²) >= 11 is 1.53. The smallest absolute Gasteiger partial charge is 0.240 e. The molecule has 0 spiro atoms. The highest BCUT2D eigenvalue weighted by Gasteiger charge is 2.22. The Morgan fingerprint density at radius 1 is 1.21 bits per heavy atom. The number of halogens is 1. The van der Waals surface area contributed by atoms with Crippen LogP contribution in [0, 0.1) is 0 Å². The summed E-state index contributed by atoms with van der Waals surface area (Å²) in [6.45, 7) is 1.22. The first-order chi connectivity index (χ1) is 11.1. The highest BCUT2D eigenvalue weighted by atomic mass is 35.5. The van der Waals surface area contributed by atoms with E-state index in [0.717, 1.165) is 17.9 Å². The van der Waals surface area contributed by atoms with Crippen molar-refractivity contribution in [3.05, 3.63) is 59.7 Å². The van der Waals surface area contributed by atoms with Gasteiger partial charge in [0, 0.05) is 17.5 Å². The molecule has 1 atom stereocenters. The van der Waals surface area contributed by atoms with Gasteiger partial charge in [0.1, 0.15) is 0 Å². The maximum absolute atomic E-state index is 12.5. The van der Waals surface area contributed by atoms with Crippen molar-refractivity contribution >= 4 is 34.2 Å². The molecule has 130 valence electrons. The number of benzene rings is 2. The lowest BCUT2D eigenvalue weighted by Gasteiger charge is -2.27. The standard InChI is InChI=1S/C17H20N2O2S2.ClH/c1-22-14-6-4-7-15(11-14)23(20,21)19-12-17-16-8-3-2-5-13(16)9-10-18-17;/h2-8,11,17-19H,9-10,12H2,1H3;1H. The van der Waals surface area contributed by atoms with Crippen molar-refractivity contribution in [3.8, 4) is 0 Å². The Balaban J connectivity index is 0.00000208. The maximum atomic E-state index is 12.5. The van der Waals surface area contributed by atoms with Crippen LogP contribution in [0.1, 0.15) is 17.2 Å². The van der Waals surface area contributed by atoms with Crippen LogP contribution in [-0.4, -0.2) is 27.8 Å². The van der Waals surface area contributed by atoms with Crippen molar-refractivity contribution in [1.82, 2.24) is 10.0 Å². The number of sulfonamides is 1. The highest BCUT2D eigenvalue weighted by molar-refractivity contribution is 7.98. The van der Waals surface area contributed by atoms with E-state index in [0.29, 0.717) is 11.4 Å². The molecule has 2 aromatic carbocycles. The number of hydrogen-bond acceptors (Lipinski definition) is 4. The van der Waals surface area contributed by atoms with Gasteiger partial charge in [-0.15, -0.1) is 24.2 Å². The SMILES string of the molecule is CSc1cccc(S(=O)(=O)NCC2NCCc3ccccc32)c1.Cl. The predicted molar refractivity (Wildman–Crippen MR) is 102 cm³/mol. The molecule has 4 nitrogen and oxygen atoms in total. The lowest BCUT2D eigenvalue weighted by Crippen LogP contribution is -2.38. The minimum Gasteiger partial charge on any atom is -0.308 e. The average Bonchev–Trinajstić information content (AvgIpc) is 2.60. The molecule has 7 heteroatoms. The summed E-state index contributed by atoms with van der Waals surface area (Å²) in [5.41, 5.74) is 2.47. The second kappa shape index (κ2) is 8.36. The number of fused-ring (bicyclic) bond motifs is 1. The molecule has 1 aliphatic heterocycles. The first kappa shape index (κ1) is 19.3. The van der Waals surface area contributed by atoms with Gasteiger partial charge in [0.15, 0.2) is 0 Å². The minimum atomic E-state index is -3.50. The summed E-state index contributed by atoms with van der Waals surface area (Å²) in [5.74, 6) is 0. The zero-order valence-corrected chi connectivity index (χ0v) is 15.8. The van der Waals surface area contributed by atoms with Crippen molar-refractivity contribution in [2.24, 2.45) is 0 Å². The van der Waals surface area contributed by atoms with Gasteiger partial charge in [0.05, 0.1) is 4.90 Å². The molecule has 2 N–H and O–H groups in total. The molecule has 1 aliphatic rings. The first-order valence-electron chi connectivity index (χ1n) is 7.55. The third kappa shape index (κ3) is 4.32. The summed E-state index contributed by atoms with van der Waals surface area (Å²) in [7, 11) is -3.50. The lowest BCUT2D eigenvalue weighted by molar-refractivity contribution is 0.491. The van der Waals surface area contributed by atoms with E-state index < -0.39 is 10.0 Å². The van der Waals surface area contributed by atoms with E-state index in [1.54, 1.807) is 18.2 Å². The number of nitrogens with one attached hydrogen (secondary N) is 2. The molecule has 0 saturated heterocycles. The molecule has 0 fully saturated rings. The van der Waals surface area contributed by atoms with E-state index in [4.69, 9.17) is 0 Å². The fourth-order valence-corrected chi connectivity index (χ4v) is 4.45. The zero-order valence-electron chi connectivity index (χ0n) is 13.4. The summed E-state index contributed by atoms with van der Waals surface area (Å²) in [4.78, 5) is 1.25. The molecule has 24 heavy (non-hydrogen) atoms. The van der Waals surface area contributed by atoms with E-state index >= 15 is 0 Å². The van der Waals surface area contributed by atoms with Gasteiger partial charge in [-0.05, 0) is 48.5 Å². The number of hydrogen-bond donors (Lipinski definition) is 2. The van der Waals surface area contributed by atoms with Crippen LogP contribution in [0.4, 0.5) is 0 Å². The van der Waals surface area contributed by atoms with Crippen LogP contribution in [0.25, 0.3) is 0 Å². The quantitative estimate of drug-likeness (QED) is 0.778. The first-order valence-corrected chi connectivity index (χ1v) is 10.3. The van der Waals surface area contributed by atoms with Gasteiger partial charge >= 0.3 is 0 Å². The van der Waals surface area contributed by atoms with E-state index in [9.17, 15) is 8.42 Å². The molecule has 0 bridgehead atoms. The second-order valence-corrected chi connectivity index (χ2v) is 8.13.